The van der Waals surface area contributed by atoms with E-state index in [1.807, 2.05) is 24.3 Å². The van der Waals surface area contributed by atoms with Crippen LogP contribution in [0, 0.1) is 17.5 Å². The Hall–Kier alpha value is -2.29. The van der Waals surface area contributed by atoms with Crippen molar-refractivity contribution in [3.05, 3.63) is 71.5 Å². The van der Waals surface area contributed by atoms with Gasteiger partial charge in [-0.15, -0.1) is 0 Å². The minimum atomic E-state index is -1.43. The second-order valence-electron chi connectivity index (χ2n) is 6.11. The minimum Gasteiger partial charge on any atom is -0.204 e. The average Bonchev–Trinajstić information content (AvgIpc) is 2.59. The molecule has 0 saturated heterocycles. The number of fused-ring (bicyclic) bond motifs is 1. The molecular weight excluding hydrogens is 309 g/mol. The van der Waals surface area contributed by atoms with Crippen molar-refractivity contribution >= 4 is 10.8 Å². The second kappa shape index (κ2) is 7.08. The highest BCUT2D eigenvalue weighted by molar-refractivity contribution is 5.87. The quantitative estimate of drug-likeness (QED) is 0.363. The third-order valence-corrected chi connectivity index (χ3v) is 4.29. The van der Waals surface area contributed by atoms with Gasteiger partial charge in [0.15, 0.2) is 17.5 Å². The summed E-state index contributed by atoms with van der Waals surface area (Å²) in [6, 6.07) is 13.9. The van der Waals surface area contributed by atoms with Crippen LogP contribution in [0.5, 0.6) is 0 Å². The molecule has 0 amide bonds. The first-order valence-electron chi connectivity index (χ1n) is 8.26. The molecule has 0 aliphatic heterocycles. The maximum atomic E-state index is 13.4. The Bertz CT molecular complexity index is 845. The minimum absolute atomic E-state index is 0.334. The molecule has 0 aliphatic rings. The molecule has 3 aromatic carbocycles. The Labute approximate surface area is 139 Å². The molecule has 0 saturated carbocycles. The van der Waals surface area contributed by atoms with E-state index in [9.17, 15) is 13.2 Å². The van der Waals surface area contributed by atoms with Crippen LogP contribution in [-0.4, -0.2) is 0 Å². The molecule has 0 heterocycles. The lowest BCUT2D eigenvalue weighted by atomic mass is 9.98. The van der Waals surface area contributed by atoms with Crippen LogP contribution in [0.15, 0.2) is 48.5 Å². The van der Waals surface area contributed by atoms with Crippen LogP contribution in [0.3, 0.4) is 0 Å². The topological polar surface area (TPSA) is 0 Å². The van der Waals surface area contributed by atoms with Gasteiger partial charge in [-0.2, -0.15) is 0 Å². The number of rotatable bonds is 5. The van der Waals surface area contributed by atoms with E-state index in [2.05, 4.69) is 19.1 Å². The van der Waals surface area contributed by atoms with Crippen molar-refractivity contribution in [2.75, 3.05) is 0 Å². The highest BCUT2D eigenvalue weighted by Gasteiger charge is 2.12. The van der Waals surface area contributed by atoms with Gasteiger partial charge in [0.2, 0.25) is 0 Å². The normalized spacial score (nSPS) is 11.2. The fourth-order valence-electron chi connectivity index (χ4n) is 2.93. The highest BCUT2D eigenvalue weighted by atomic mass is 19.2. The first-order valence-corrected chi connectivity index (χ1v) is 8.26. The fraction of sp³-hybridized carbons (Fsp3) is 0.238. The lowest BCUT2D eigenvalue weighted by molar-refractivity contribution is 0.448. The molecule has 3 heteroatoms. The number of aryl methyl sites for hydroxylation is 1. The van der Waals surface area contributed by atoms with Gasteiger partial charge >= 0.3 is 0 Å². The van der Waals surface area contributed by atoms with Gasteiger partial charge in [0.25, 0.3) is 0 Å². The summed E-state index contributed by atoms with van der Waals surface area (Å²) in [4.78, 5) is 0. The summed E-state index contributed by atoms with van der Waals surface area (Å²) in [5, 5.41) is 2.09. The van der Waals surface area contributed by atoms with E-state index < -0.39 is 17.5 Å². The zero-order valence-corrected chi connectivity index (χ0v) is 13.6. The Morgan fingerprint density at radius 3 is 2.08 bits per heavy atom. The van der Waals surface area contributed by atoms with Crippen molar-refractivity contribution in [3.8, 4) is 11.1 Å². The van der Waals surface area contributed by atoms with Crippen molar-refractivity contribution in [1.82, 2.24) is 0 Å². The van der Waals surface area contributed by atoms with Gasteiger partial charge in [-0.25, -0.2) is 13.2 Å². The molecule has 0 aromatic heterocycles. The first kappa shape index (κ1) is 16.6. The maximum Gasteiger partial charge on any atom is 0.194 e. The van der Waals surface area contributed by atoms with Gasteiger partial charge in [0.05, 0.1) is 0 Å². The van der Waals surface area contributed by atoms with Crippen LogP contribution in [0.1, 0.15) is 31.7 Å². The van der Waals surface area contributed by atoms with Crippen LogP contribution in [0.25, 0.3) is 21.9 Å². The van der Waals surface area contributed by atoms with E-state index in [1.165, 1.54) is 24.8 Å². The number of hydrogen-bond donors (Lipinski definition) is 0. The first-order chi connectivity index (χ1) is 11.6. The molecule has 0 bridgehead atoms. The van der Waals surface area contributed by atoms with Crippen molar-refractivity contribution in [1.29, 1.82) is 0 Å². The average molecular weight is 328 g/mol. The fourth-order valence-corrected chi connectivity index (χ4v) is 2.93. The number of benzene rings is 3. The molecule has 3 aromatic rings. The van der Waals surface area contributed by atoms with Gasteiger partial charge in [0.1, 0.15) is 0 Å². The number of halogens is 3. The Kier molecular flexibility index (Phi) is 4.89. The summed E-state index contributed by atoms with van der Waals surface area (Å²) in [6.07, 6.45) is 4.65. The van der Waals surface area contributed by atoms with E-state index >= 15 is 0 Å². The number of hydrogen-bond acceptors (Lipinski definition) is 0. The lowest BCUT2D eigenvalue weighted by Gasteiger charge is -2.08. The molecule has 3 rings (SSSR count). The zero-order chi connectivity index (χ0) is 17.1. The molecule has 0 N–H and O–H groups in total. The van der Waals surface area contributed by atoms with Crippen molar-refractivity contribution in [2.45, 2.75) is 32.6 Å². The molecule has 0 atom stereocenters. The van der Waals surface area contributed by atoms with Crippen LogP contribution in [-0.2, 0) is 6.42 Å². The van der Waals surface area contributed by atoms with Gasteiger partial charge in [-0.3, -0.25) is 0 Å². The molecule has 124 valence electrons. The Morgan fingerprint density at radius 2 is 1.38 bits per heavy atom. The van der Waals surface area contributed by atoms with Crippen LogP contribution < -0.4 is 0 Å². The van der Waals surface area contributed by atoms with E-state index in [0.29, 0.717) is 11.1 Å². The monoisotopic (exact) mass is 328 g/mol. The smallest absolute Gasteiger partial charge is 0.194 e. The summed E-state index contributed by atoms with van der Waals surface area (Å²) < 4.78 is 40.0. The SMILES string of the molecule is CCCCCc1ccc2cc(-c3cc(F)c(F)c(F)c3)ccc2c1. The predicted octanol–water partition coefficient (Wildman–Crippen LogP) is 6.66. The summed E-state index contributed by atoms with van der Waals surface area (Å²) >= 11 is 0. The molecular formula is C21H19F3. The third kappa shape index (κ3) is 3.45. The van der Waals surface area contributed by atoms with Gasteiger partial charge in [0, 0.05) is 0 Å². The highest BCUT2D eigenvalue weighted by Crippen LogP contribution is 2.28. The van der Waals surface area contributed by atoms with Crippen LogP contribution in [0.4, 0.5) is 13.2 Å². The largest absolute Gasteiger partial charge is 0.204 e. The van der Waals surface area contributed by atoms with Crippen LogP contribution >= 0.6 is 0 Å². The maximum absolute atomic E-state index is 13.4. The summed E-state index contributed by atoms with van der Waals surface area (Å²) in [7, 11) is 0. The van der Waals surface area contributed by atoms with Crippen molar-refractivity contribution < 1.29 is 13.2 Å². The molecule has 0 radical (unpaired) electrons. The zero-order valence-electron chi connectivity index (χ0n) is 13.6. The van der Waals surface area contributed by atoms with Crippen molar-refractivity contribution in [2.24, 2.45) is 0 Å². The molecule has 0 aliphatic carbocycles. The number of unbranched alkanes of at least 4 members (excludes halogenated alkanes) is 2. The lowest BCUT2D eigenvalue weighted by Crippen LogP contribution is -1.92. The summed E-state index contributed by atoms with van der Waals surface area (Å²) in [6.45, 7) is 2.18. The van der Waals surface area contributed by atoms with Gasteiger partial charge in [-0.1, -0.05) is 50.1 Å². The molecule has 0 fully saturated rings. The third-order valence-electron chi connectivity index (χ3n) is 4.29. The van der Waals surface area contributed by atoms with E-state index in [-0.39, 0.29) is 0 Å². The van der Waals surface area contributed by atoms with E-state index in [1.54, 1.807) is 0 Å². The molecule has 0 nitrogen and oxygen atoms in total. The Morgan fingerprint density at radius 1 is 0.708 bits per heavy atom. The van der Waals surface area contributed by atoms with Gasteiger partial charge < -0.3 is 0 Å². The second-order valence-corrected chi connectivity index (χ2v) is 6.11. The van der Waals surface area contributed by atoms with E-state index in [4.69, 9.17) is 0 Å². The molecule has 0 spiro atoms. The van der Waals surface area contributed by atoms with Gasteiger partial charge in [-0.05, 0) is 58.5 Å². The Balaban J connectivity index is 1.93. The summed E-state index contributed by atoms with van der Waals surface area (Å²) in [5.74, 6) is -3.77. The standard InChI is InChI=1S/C21H19F3/c1-2-3-4-5-14-6-7-16-11-17(9-8-15(16)10-14)18-12-19(22)21(24)20(23)13-18/h6-13H,2-5H2,1H3. The molecule has 0 unspecified atom stereocenters. The van der Waals surface area contributed by atoms with Crippen molar-refractivity contribution in [3.63, 3.8) is 0 Å². The summed E-state index contributed by atoms with van der Waals surface area (Å²) in [5.41, 5.74) is 2.29. The molecule has 24 heavy (non-hydrogen) atoms. The van der Waals surface area contributed by atoms with E-state index in [0.717, 1.165) is 29.3 Å². The van der Waals surface area contributed by atoms with Crippen LogP contribution in [0.2, 0.25) is 0 Å². The predicted molar refractivity (Wildman–Crippen MR) is 92.5 cm³/mol.